The molecule has 2 aromatic heterocycles. The number of halogens is 6. The second-order valence-electron chi connectivity index (χ2n) is 9.72. The van der Waals surface area contributed by atoms with Gasteiger partial charge in [-0.1, -0.05) is 35.9 Å². The van der Waals surface area contributed by atoms with Crippen molar-refractivity contribution in [2.75, 3.05) is 19.7 Å². The lowest BCUT2D eigenvalue weighted by Gasteiger charge is -2.46. The Balaban J connectivity index is 0.000000289. The number of aromatic nitrogens is 3. The summed E-state index contributed by atoms with van der Waals surface area (Å²) in [5, 5.41) is 14.2. The summed E-state index contributed by atoms with van der Waals surface area (Å²) in [7, 11) is 0. The predicted molar refractivity (Wildman–Crippen MR) is 136 cm³/mol. The number of aliphatic carboxylic acids is 2. The topological polar surface area (TPSA) is 118 Å². The molecule has 0 radical (unpaired) electrons. The Kier molecular flexibility index (Phi) is 10.3. The number of carboxylic acid groups (broad SMARTS) is 2. The van der Waals surface area contributed by atoms with Gasteiger partial charge in [-0.3, -0.25) is 9.88 Å². The second kappa shape index (κ2) is 13.3. The number of imidazole rings is 1. The van der Waals surface area contributed by atoms with Gasteiger partial charge >= 0.3 is 24.3 Å². The first-order valence-electron chi connectivity index (χ1n) is 12.6. The molecule has 0 atom stereocenters. The summed E-state index contributed by atoms with van der Waals surface area (Å²) in [6.45, 7) is 6.59. The van der Waals surface area contributed by atoms with Crippen molar-refractivity contribution in [2.24, 2.45) is 0 Å². The van der Waals surface area contributed by atoms with Gasteiger partial charge in [-0.15, -0.1) is 0 Å². The molecule has 3 aromatic rings. The van der Waals surface area contributed by atoms with Crippen LogP contribution in [0.25, 0.3) is 11.3 Å². The number of benzene rings is 1. The Bertz CT molecular complexity index is 1310. The monoisotopic (exact) mass is 602 g/mol. The van der Waals surface area contributed by atoms with Gasteiger partial charge in [0.2, 0.25) is 0 Å². The molecule has 1 spiro atoms. The number of nitrogens with zero attached hydrogens (tertiary/aromatic N) is 4. The van der Waals surface area contributed by atoms with Gasteiger partial charge in [-0.2, -0.15) is 26.3 Å². The van der Waals surface area contributed by atoms with E-state index >= 15 is 0 Å². The van der Waals surface area contributed by atoms with E-state index in [1.165, 1.54) is 22.4 Å². The first-order chi connectivity index (χ1) is 19.6. The van der Waals surface area contributed by atoms with E-state index < -0.39 is 24.3 Å². The summed E-state index contributed by atoms with van der Waals surface area (Å²) in [5.41, 5.74) is 5.03. The van der Waals surface area contributed by atoms with Gasteiger partial charge in [-0.25, -0.2) is 14.6 Å². The van der Waals surface area contributed by atoms with Crippen molar-refractivity contribution in [3.63, 3.8) is 0 Å². The maximum Gasteiger partial charge on any atom is 0.490 e. The molecule has 1 fully saturated rings. The zero-order valence-corrected chi connectivity index (χ0v) is 22.3. The number of carbonyl (C=O) groups is 2. The zero-order chi connectivity index (χ0) is 31.1. The molecule has 4 heterocycles. The Labute approximate surface area is 236 Å². The number of alkyl halides is 6. The standard InChI is InChI=1S/C23H26N4O.2C2HF3O2/c1-18-4-6-20(7-5-18)21-14-25-22-16-28-17-23(27(21)22)8-11-26(12-9-23)15-19-3-2-10-24-13-19;2*3-2(4,5)1(6)7/h2-7,10,13-14H,8-9,11-12,15-17H2,1H3;2*(H,6,7). The molecule has 1 saturated heterocycles. The highest BCUT2D eigenvalue weighted by molar-refractivity contribution is 5.73. The van der Waals surface area contributed by atoms with Crippen molar-refractivity contribution >= 4 is 11.9 Å². The van der Waals surface area contributed by atoms with Crippen molar-refractivity contribution in [1.82, 2.24) is 19.4 Å². The molecular formula is C27H28F6N4O5. The number of fused-ring (bicyclic) bond motifs is 2. The molecule has 2 aliphatic rings. The largest absolute Gasteiger partial charge is 0.490 e. The Morgan fingerprint density at radius 3 is 2.02 bits per heavy atom. The van der Waals surface area contributed by atoms with Crippen LogP contribution in [-0.2, 0) is 33.0 Å². The van der Waals surface area contributed by atoms with E-state index in [0.29, 0.717) is 6.61 Å². The van der Waals surface area contributed by atoms with Crippen LogP contribution in [0.3, 0.4) is 0 Å². The molecule has 15 heteroatoms. The molecule has 2 aliphatic heterocycles. The number of carboxylic acids is 2. The smallest absolute Gasteiger partial charge is 0.475 e. The molecule has 5 rings (SSSR count). The van der Waals surface area contributed by atoms with Crippen LogP contribution in [0, 0.1) is 6.92 Å². The molecule has 0 amide bonds. The molecule has 0 saturated carbocycles. The van der Waals surface area contributed by atoms with Crippen LogP contribution < -0.4 is 0 Å². The number of likely N-dealkylation sites (tertiary alicyclic amines) is 1. The van der Waals surface area contributed by atoms with E-state index in [2.05, 4.69) is 51.7 Å². The third kappa shape index (κ3) is 8.52. The number of aryl methyl sites for hydroxylation is 1. The second-order valence-corrected chi connectivity index (χ2v) is 9.72. The third-order valence-corrected chi connectivity index (χ3v) is 6.66. The summed E-state index contributed by atoms with van der Waals surface area (Å²) in [4.78, 5) is 29.3. The summed E-state index contributed by atoms with van der Waals surface area (Å²) in [6.07, 6.45) is -2.18. The maximum absolute atomic E-state index is 10.6. The molecule has 0 bridgehead atoms. The lowest BCUT2D eigenvalue weighted by atomic mass is 9.86. The van der Waals surface area contributed by atoms with Crippen LogP contribution in [0.15, 0.2) is 55.0 Å². The molecule has 1 aromatic carbocycles. The first kappa shape index (κ1) is 32.5. The summed E-state index contributed by atoms with van der Waals surface area (Å²) >= 11 is 0. The summed E-state index contributed by atoms with van der Waals surface area (Å²) in [5.74, 6) is -4.46. The number of pyridine rings is 1. The molecule has 0 aliphatic carbocycles. The number of ether oxygens (including phenoxy) is 1. The minimum atomic E-state index is -5.08. The average Bonchev–Trinajstić information content (AvgIpc) is 3.37. The molecule has 2 N–H and O–H groups in total. The van der Waals surface area contributed by atoms with Crippen LogP contribution in [0.4, 0.5) is 26.3 Å². The highest BCUT2D eigenvalue weighted by Gasteiger charge is 2.42. The Morgan fingerprint density at radius 1 is 0.952 bits per heavy atom. The fourth-order valence-corrected chi connectivity index (χ4v) is 4.59. The van der Waals surface area contributed by atoms with Crippen LogP contribution in [0.1, 0.15) is 29.8 Å². The van der Waals surface area contributed by atoms with E-state index in [4.69, 9.17) is 29.5 Å². The molecule has 42 heavy (non-hydrogen) atoms. The summed E-state index contributed by atoms with van der Waals surface area (Å²) in [6, 6.07) is 12.9. The number of rotatable bonds is 3. The SMILES string of the molecule is Cc1ccc(-c2cnc3n2C2(CCN(Cc4cccnc4)CC2)COC3)cc1.O=C(O)C(F)(F)F.O=C(O)C(F)(F)F. The lowest BCUT2D eigenvalue weighted by molar-refractivity contribution is -0.193. The van der Waals surface area contributed by atoms with E-state index in [1.54, 1.807) is 0 Å². The fourth-order valence-electron chi connectivity index (χ4n) is 4.59. The van der Waals surface area contributed by atoms with Gasteiger partial charge in [-0.05, 0) is 37.0 Å². The van der Waals surface area contributed by atoms with E-state index in [-0.39, 0.29) is 5.54 Å². The first-order valence-corrected chi connectivity index (χ1v) is 12.6. The van der Waals surface area contributed by atoms with Crippen molar-refractivity contribution in [3.8, 4) is 11.3 Å². The van der Waals surface area contributed by atoms with Gasteiger partial charge in [0.05, 0.1) is 24.0 Å². The quantitative estimate of drug-likeness (QED) is 0.401. The third-order valence-electron chi connectivity index (χ3n) is 6.66. The number of hydrogen-bond acceptors (Lipinski definition) is 6. The molecule has 9 nitrogen and oxygen atoms in total. The molecular weight excluding hydrogens is 574 g/mol. The van der Waals surface area contributed by atoms with Gasteiger partial charge in [0, 0.05) is 32.0 Å². The molecule has 0 unspecified atom stereocenters. The van der Waals surface area contributed by atoms with Gasteiger partial charge in [0.15, 0.2) is 0 Å². The van der Waals surface area contributed by atoms with Gasteiger partial charge in [0.25, 0.3) is 0 Å². The van der Waals surface area contributed by atoms with Crippen molar-refractivity contribution in [3.05, 3.63) is 71.9 Å². The summed E-state index contributed by atoms with van der Waals surface area (Å²) < 4.78 is 72.0. The average molecular weight is 603 g/mol. The molecule has 228 valence electrons. The Morgan fingerprint density at radius 2 is 1.52 bits per heavy atom. The van der Waals surface area contributed by atoms with Gasteiger partial charge in [0.1, 0.15) is 12.4 Å². The van der Waals surface area contributed by atoms with E-state index in [9.17, 15) is 26.3 Å². The predicted octanol–water partition coefficient (Wildman–Crippen LogP) is 5.04. The minimum absolute atomic E-state index is 0.00966. The van der Waals surface area contributed by atoms with Crippen LogP contribution in [0.5, 0.6) is 0 Å². The maximum atomic E-state index is 10.6. The minimum Gasteiger partial charge on any atom is -0.475 e. The van der Waals surface area contributed by atoms with Crippen molar-refractivity contribution < 1.29 is 50.9 Å². The van der Waals surface area contributed by atoms with E-state index in [0.717, 1.165) is 44.9 Å². The van der Waals surface area contributed by atoms with Gasteiger partial charge < -0.3 is 19.5 Å². The lowest BCUT2D eigenvalue weighted by Crippen LogP contribution is -2.51. The van der Waals surface area contributed by atoms with E-state index in [1.807, 2.05) is 24.7 Å². The Hall–Kier alpha value is -3.98. The highest BCUT2D eigenvalue weighted by Crippen LogP contribution is 2.39. The number of piperidine rings is 1. The highest BCUT2D eigenvalue weighted by atomic mass is 19.4. The van der Waals surface area contributed by atoms with Crippen LogP contribution >= 0.6 is 0 Å². The normalized spacial score (nSPS) is 16.4. The fraction of sp³-hybridized carbons (Fsp3) is 0.407. The van der Waals surface area contributed by atoms with Crippen molar-refractivity contribution in [2.45, 2.75) is 50.8 Å². The van der Waals surface area contributed by atoms with Crippen molar-refractivity contribution in [1.29, 1.82) is 0 Å². The zero-order valence-electron chi connectivity index (χ0n) is 22.3. The van der Waals surface area contributed by atoms with Crippen LogP contribution in [0.2, 0.25) is 0 Å². The number of hydrogen-bond donors (Lipinski definition) is 2. The van der Waals surface area contributed by atoms with Crippen LogP contribution in [-0.4, -0.2) is 73.6 Å².